The van der Waals surface area contributed by atoms with Crippen LogP contribution in [0.15, 0.2) is 176 Å². The number of para-hydroxylation sites is 1. The molecule has 6 aromatic carbocycles. The molecule has 0 bridgehead atoms. The largest absolute Gasteiger partial charge is 0.398 e. The first-order valence-corrected chi connectivity index (χ1v) is 20.3. The van der Waals surface area contributed by atoms with Crippen molar-refractivity contribution in [2.45, 2.75) is 72.4 Å². The normalized spacial score (nSPS) is 15.3. The molecule has 0 saturated heterocycles. The molecule has 286 valence electrons. The second-order valence-electron chi connectivity index (χ2n) is 14.0. The quantitative estimate of drug-likeness (QED) is 0.160. The summed E-state index contributed by atoms with van der Waals surface area (Å²) < 4.78 is 0. The Kier molecular flexibility index (Phi) is 15.2. The SMILES string of the molecule is C/C=C\c1cc(-c2ccccc2)cc(-c2cccc(C)c2)c1N.CC.CCCC.NC(c1ccccc1)c1ccc(N2c3ccccc3C3C=CC=CC32)cc1. The van der Waals surface area contributed by atoms with Crippen molar-refractivity contribution in [2.75, 3.05) is 10.6 Å². The summed E-state index contributed by atoms with van der Waals surface area (Å²) in [7, 11) is 0. The summed E-state index contributed by atoms with van der Waals surface area (Å²) in [6, 6.07) is 51.2. The predicted molar refractivity (Wildman–Crippen MR) is 245 cm³/mol. The van der Waals surface area contributed by atoms with Gasteiger partial charge in [0.1, 0.15) is 0 Å². The third-order valence-electron chi connectivity index (χ3n) is 10.1. The summed E-state index contributed by atoms with van der Waals surface area (Å²) in [6.07, 6.45) is 15.7. The van der Waals surface area contributed by atoms with E-state index in [1.54, 1.807) is 0 Å². The van der Waals surface area contributed by atoms with Crippen LogP contribution >= 0.6 is 0 Å². The first kappa shape index (κ1) is 41.3. The van der Waals surface area contributed by atoms with Crippen LogP contribution in [0.25, 0.3) is 28.3 Å². The van der Waals surface area contributed by atoms with Gasteiger partial charge in [0, 0.05) is 28.5 Å². The Balaban J connectivity index is 0.000000190. The topological polar surface area (TPSA) is 55.3 Å². The van der Waals surface area contributed by atoms with Crippen molar-refractivity contribution in [1.29, 1.82) is 0 Å². The summed E-state index contributed by atoms with van der Waals surface area (Å²) in [5, 5.41) is 0. The first-order valence-electron chi connectivity index (χ1n) is 20.3. The van der Waals surface area contributed by atoms with Crippen LogP contribution in [-0.2, 0) is 0 Å². The molecule has 1 aliphatic carbocycles. The zero-order valence-electron chi connectivity index (χ0n) is 34.1. The third-order valence-corrected chi connectivity index (χ3v) is 10.1. The lowest BCUT2D eigenvalue weighted by Crippen LogP contribution is -2.28. The van der Waals surface area contributed by atoms with Gasteiger partial charge in [-0.2, -0.15) is 0 Å². The zero-order valence-corrected chi connectivity index (χ0v) is 34.1. The lowest BCUT2D eigenvalue weighted by Gasteiger charge is -2.29. The zero-order chi connectivity index (χ0) is 39.9. The fourth-order valence-electron chi connectivity index (χ4n) is 7.13. The number of hydrogen-bond donors (Lipinski definition) is 2. The molecule has 0 radical (unpaired) electrons. The van der Waals surface area contributed by atoms with E-state index in [4.69, 9.17) is 11.5 Å². The van der Waals surface area contributed by atoms with Gasteiger partial charge in [0.05, 0.1) is 12.1 Å². The van der Waals surface area contributed by atoms with E-state index in [2.05, 4.69) is 177 Å². The van der Waals surface area contributed by atoms with E-state index in [-0.39, 0.29) is 6.04 Å². The summed E-state index contributed by atoms with van der Waals surface area (Å²) in [4.78, 5) is 2.44. The van der Waals surface area contributed by atoms with Crippen molar-refractivity contribution in [3.63, 3.8) is 0 Å². The number of nitrogen functional groups attached to an aromatic ring is 1. The van der Waals surface area contributed by atoms with Crippen molar-refractivity contribution in [2.24, 2.45) is 5.73 Å². The van der Waals surface area contributed by atoms with Crippen molar-refractivity contribution in [3.05, 3.63) is 204 Å². The van der Waals surface area contributed by atoms with Gasteiger partial charge in [-0.05, 0) is 83.1 Å². The minimum Gasteiger partial charge on any atom is -0.398 e. The van der Waals surface area contributed by atoms with Crippen molar-refractivity contribution < 1.29 is 0 Å². The van der Waals surface area contributed by atoms with Crippen molar-refractivity contribution in [3.8, 4) is 22.3 Å². The Labute approximate surface area is 336 Å². The number of unbranched alkanes of at least 4 members (excludes halogenated alkanes) is 1. The van der Waals surface area contributed by atoms with E-state index in [0.29, 0.717) is 12.0 Å². The average molecular weight is 738 g/mol. The molecule has 4 N–H and O–H groups in total. The van der Waals surface area contributed by atoms with Crippen LogP contribution in [0.1, 0.15) is 87.2 Å². The third kappa shape index (κ3) is 9.85. The molecular weight excluding hydrogens is 679 g/mol. The molecule has 8 rings (SSSR count). The minimum atomic E-state index is -0.101. The maximum Gasteiger partial charge on any atom is 0.0629 e. The molecule has 3 heteroatoms. The average Bonchev–Trinajstić information content (AvgIpc) is 3.60. The van der Waals surface area contributed by atoms with Crippen LogP contribution in [0.3, 0.4) is 0 Å². The summed E-state index contributed by atoms with van der Waals surface area (Å²) in [5.74, 6) is 0.414. The van der Waals surface area contributed by atoms with Gasteiger partial charge in [0.25, 0.3) is 0 Å². The van der Waals surface area contributed by atoms with E-state index in [1.807, 2.05) is 51.1 Å². The molecule has 1 heterocycles. The van der Waals surface area contributed by atoms with Crippen LogP contribution in [0.2, 0.25) is 0 Å². The van der Waals surface area contributed by atoms with Gasteiger partial charge >= 0.3 is 0 Å². The highest BCUT2D eigenvalue weighted by atomic mass is 15.2. The fraction of sp³-hybridized carbons (Fsp3) is 0.208. The molecule has 6 aromatic rings. The highest BCUT2D eigenvalue weighted by Gasteiger charge is 2.36. The molecule has 0 amide bonds. The predicted octanol–water partition coefficient (Wildman–Crippen LogP) is 14.2. The first-order chi connectivity index (χ1) is 27.4. The Morgan fingerprint density at radius 3 is 1.91 bits per heavy atom. The molecule has 3 nitrogen and oxygen atoms in total. The Morgan fingerprint density at radius 1 is 0.643 bits per heavy atom. The second-order valence-corrected chi connectivity index (χ2v) is 14.0. The Morgan fingerprint density at radius 2 is 1.25 bits per heavy atom. The highest BCUT2D eigenvalue weighted by Crippen LogP contribution is 2.47. The number of allylic oxidation sites excluding steroid dienone is 3. The maximum absolute atomic E-state index is 6.47. The van der Waals surface area contributed by atoms with Crippen molar-refractivity contribution in [1.82, 2.24) is 0 Å². The van der Waals surface area contributed by atoms with Crippen LogP contribution in [0, 0.1) is 6.92 Å². The number of nitrogens with two attached hydrogens (primary N) is 2. The van der Waals surface area contributed by atoms with Crippen LogP contribution in [0.4, 0.5) is 17.1 Å². The molecule has 1 aliphatic heterocycles. The number of hydrogen-bond acceptors (Lipinski definition) is 3. The standard InChI is InChI=1S/C25H22N2.C22H21N.C4H10.C2H6/c26-25(18-8-2-1-3-9-18)19-14-16-20(17-15-19)27-23-12-6-4-10-21(23)22-11-5-7-13-24(22)27;1-3-8-19-14-20(17-10-5-4-6-11-17)15-21(22(19)23)18-12-7-9-16(2)13-18;1-3-4-2;1-2/h1-17,21,23,25H,26H2;3-15H,23H2,1-2H3;3-4H2,1-2H3;1-2H3/b;8-3-;;. The van der Waals surface area contributed by atoms with E-state index in [0.717, 1.165) is 33.5 Å². The molecule has 56 heavy (non-hydrogen) atoms. The molecule has 2 aliphatic rings. The van der Waals surface area contributed by atoms with Gasteiger partial charge in [-0.3, -0.25) is 0 Å². The molecule has 3 unspecified atom stereocenters. The minimum absolute atomic E-state index is 0.101. The Hall–Kier alpha value is -5.90. The second kappa shape index (κ2) is 20.7. The van der Waals surface area contributed by atoms with Gasteiger partial charge in [0.2, 0.25) is 0 Å². The monoisotopic (exact) mass is 737 g/mol. The highest BCUT2D eigenvalue weighted by molar-refractivity contribution is 5.88. The summed E-state index contributed by atoms with van der Waals surface area (Å²) in [6.45, 7) is 12.5. The van der Waals surface area contributed by atoms with Crippen LogP contribution in [0.5, 0.6) is 0 Å². The van der Waals surface area contributed by atoms with Gasteiger partial charge < -0.3 is 16.4 Å². The molecule has 0 saturated carbocycles. The fourth-order valence-corrected chi connectivity index (χ4v) is 7.13. The van der Waals surface area contributed by atoms with Gasteiger partial charge in [0.15, 0.2) is 0 Å². The van der Waals surface area contributed by atoms with Crippen molar-refractivity contribution >= 4 is 23.1 Å². The van der Waals surface area contributed by atoms with Crippen LogP contribution in [-0.4, -0.2) is 6.04 Å². The van der Waals surface area contributed by atoms with E-state index in [1.165, 1.54) is 46.5 Å². The number of benzene rings is 6. The number of fused-ring (bicyclic) bond motifs is 3. The Bertz CT molecular complexity index is 2190. The lowest BCUT2D eigenvalue weighted by atomic mass is 9.91. The number of anilines is 3. The maximum atomic E-state index is 6.47. The molecule has 0 spiro atoms. The van der Waals surface area contributed by atoms with E-state index >= 15 is 0 Å². The van der Waals surface area contributed by atoms with Gasteiger partial charge in [-0.15, -0.1) is 0 Å². The molecule has 3 atom stereocenters. The molecule has 0 fully saturated rings. The smallest absolute Gasteiger partial charge is 0.0629 e. The summed E-state index contributed by atoms with van der Waals surface area (Å²) in [5.41, 5.74) is 26.8. The number of rotatable bonds is 7. The van der Waals surface area contributed by atoms with Gasteiger partial charge in [-0.1, -0.05) is 198 Å². The van der Waals surface area contributed by atoms with Crippen LogP contribution < -0.4 is 16.4 Å². The lowest BCUT2D eigenvalue weighted by molar-refractivity contribution is 0.744. The van der Waals surface area contributed by atoms with Gasteiger partial charge in [-0.25, -0.2) is 0 Å². The van der Waals surface area contributed by atoms with E-state index < -0.39 is 0 Å². The number of aryl methyl sites for hydroxylation is 1. The molecule has 0 aromatic heterocycles. The van der Waals surface area contributed by atoms with E-state index in [9.17, 15) is 0 Å². The number of nitrogens with zero attached hydrogens (tertiary/aromatic N) is 1. The summed E-state index contributed by atoms with van der Waals surface area (Å²) >= 11 is 0. The molecular formula is C53H59N3.